The molecule has 2 aliphatic rings. The summed E-state index contributed by atoms with van der Waals surface area (Å²) in [5.41, 5.74) is 0. The molecule has 0 bridgehead atoms. The summed E-state index contributed by atoms with van der Waals surface area (Å²) in [6, 6.07) is 0.551. The number of amides is 1. The molecule has 1 saturated heterocycles. The van der Waals surface area contributed by atoms with Gasteiger partial charge in [0.1, 0.15) is 0 Å². The second kappa shape index (κ2) is 6.39. The van der Waals surface area contributed by atoms with Crippen molar-refractivity contribution in [2.75, 3.05) is 19.6 Å². The van der Waals surface area contributed by atoms with Crippen molar-refractivity contribution in [3.63, 3.8) is 0 Å². The van der Waals surface area contributed by atoms with Crippen LogP contribution in [0.1, 0.15) is 51.9 Å². The standard InChI is InChI=1S/C14H26N2O/c1-2-3-9-16(11-13-5-4-8-15-13)14(17)10-12-6-7-12/h12-13,15H,2-11H2,1H3. The third kappa shape index (κ3) is 4.30. The molecule has 0 radical (unpaired) electrons. The predicted octanol–water partition coefficient (Wildman–Crippen LogP) is 2.17. The smallest absolute Gasteiger partial charge is 0.222 e. The molecule has 98 valence electrons. The van der Waals surface area contributed by atoms with Crippen LogP contribution in [0.4, 0.5) is 0 Å². The van der Waals surface area contributed by atoms with Crippen molar-refractivity contribution in [3.05, 3.63) is 0 Å². The summed E-state index contributed by atoms with van der Waals surface area (Å²) in [7, 11) is 0. The van der Waals surface area contributed by atoms with E-state index in [2.05, 4.69) is 17.1 Å². The van der Waals surface area contributed by atoms with E-state index >= 15 is 0 Å². The monoisotopic (exact) mass is 238 g/mol. The van der Waals surface area contributed by atoms with Crippen LogP contribution in [-0.4, -0.2) is 36.5 Å². The van der Waals surface area contributed by atoms with E-state index in [1.54, 1.807) is 0 Å². The van der Waals surface area contributed by atoms with E-state index in [0.717, 1.165) is 32.5 Å². The maximum absolute atomic E-state index is 12.2. The van der Waals surface area contributed by atoms with E-state index in [4.69, 9.17) is 0 Å². The molecular formula is C14H26N2O. The van der Waals surface area contributed by atoms with E-state index < -0.39 is 0 Å². The highest BCUT2D eigenvalue weighted by Crippen LogP contribution is 2.33. The van der Waals surface area contributed by atoms with Gasteiger partial charge in [-0.1, -0.05) is 13.3 Å². The van der Waals surface area contributed by atoms with Gasteiger partial charge in [-0.2, -0.15) is 0 Å². The Morgan fingerprint density at radius 2 is 2.18 bits per heavy atom. The highest BCUT2D eigenvalue weighted by atomic mass is 16.2. The molecule has 2 rings (SSSR count). The molecule has 1 aliphatic heterocycles. The van der Waals surface area contributed by atoms with Gasteiger partial charge in [-0.25, -0.2) is 0 Å². The molecule has 0 aromatic carbocycles. The van der Waals surface area contributed by atoms with Gasteiger partial charge in [-0.3, -0.25) is 4.79 Å². The molecule has 1 saturated carbocycles. The quantitative estimate of drug-likeness (QED) is 0.737. The fourth-order valence-electron chi connectivity index (χ4n) is 2.54. The number of rotatable bonds is 7. The molecule has 1 heterocycles. The Labute approximate surface area is 105 Å². The SMILES string of the molecule is CCCCN(CC1CCCN1)C(=O)CC1CC1. The van der Waals surface area contributed by atoms with Crippen molar-refractivity contribution in [3.8, 4) is 0 Å². The topological polar surface area (TPSA) is 32.3 Å². The van der Waals surface area contributed by atoms with Crippen LogP contribution in [0, 0.1) is 5.92 Å². The summed E-state index contributed by atoms with van der Waals surface area (Å²) >= 11 is 0. The lowest BCUT2D eigenvalue weighted by Crippen LogP contribution is -2.41. The lowest BCUT2D eigenvalue weighted by atomic mass is 10.1. The van der Waals surface area contributed by atoms with Gasteiger partial charge >= 0.3 is 0 Å². The van der Waals surface area contributed by atoms with Crippen LogP contribution in [0.2, 0.25) is 0 Å². The molecule has 0 spiro atoms. The van der Waals surface area contributed by atoms with E-state index in [9.17, 15) is 4.79 Å². The average molecular weight is 238 g/mol. The van der Waals surface area contributed by atoms with Crippen molar-refractivity contribution in [1.29, 1.82) is 0 Å². The summed E-state index contributed by atoms with van der Waals surface area (Å²) in [6.07, 6.45) is 8.16. The first-order chi connectivity index (χ1) is 8.29. The zero-order valence-electron chi connectivity index (χ0n) is 11.1. The molecule has 2 fully saturated rings. The molecule has 0 aromatic rings. The lowest BCUT2D eigenvalue weighted by Gasteiger charge is -2.26. The Kier molecular flexibility index (Phi) is 4.84. The lowest BCUT2D eigenvalue weighted by molar-refractivity contribution is -0.132. The highest BCUT2D eigenvalue weighted by Gasteiger charge is 2.28. The van der Waals surface area contributed by atoms with Crippen molar-refractivity contribution in [1.82, 2.24) is 10.2 Å². The van der Waals surface area contributed by atoms with Gasteiger partial charge in [0.2, 0.25) is 5.91 Å². The predicted molar refractivity (Wildman–Crippen MR) is 69.9 cm³/mol. The number of carbonyl (C=O) groups is 1. The summed E-state index contributed by atoms with van der Waals surface area (Å²) < 4.78 is 0. The van der Waals surface area contributed by atoms with Gasteiger partial charge < -0.3 is 10.2 Å². The fourth-order valence-corrected chi connectivity index (χ4v) is 2.54. The maximum atomic E-state index is 12.2. The van der Waals surface area contributed by atoms with Crippen LogP contribution in [0.15, 0.2) is 0 Å². The third-order valence-electron chi connectivity index (χ3n) is 3.90. The minimum absolute atomic E-state index is 0.398. The van der Waals surface area contributed by atoms with Crippen molar-refractivity contribution >= 4 is 5.91 Å². The maximum Gasteiger partial charge on any atom is 0.222 e. The zero-order chi connectivity index (χ0) is 12.1. The number of nitrogens with zero attached hydrogens (tertiary/aromatic N) is 1. The number of hydrogen-bond acceptors (Lipinski definition) is 2. The second-order valence-corrected chi connectivity index (χ2v) is 5.63. The normalized spacial score (nSPS) is 23.9. The molecule has 1 unspecified atom stereocenters. The molecular weight excluding hydrogens is 212 g/mol. The van der Waals surface area contributed by atoms with E-state index in [-0.39, 0.29) is 0 Å². The van der Waals surface area contributed by atoms with Crippen LogP contribution in [0.25, 0.3) is 0 Å². The van der Waals surface area contributed by atoms with Gasteiger partial charge in [-0.15, -0.1) is 0 Å². The molecule has 0 aromatic heterocycles. The van der Waals surface area contributed by atoms with E-state index in [0.29, 0.717) is 17.9 Å². The molecule has 17 heavy (non-hydrogen) atoms. The summed E-state index contributed by atoms with van der Waals surface area (Å²) in [4.78, 5) is 14.3. The average Bonchev–Trinajstić information content (AvgIpc) is 2.98. The van der Waals surface area contributed by atoms with Crippen LogP contribution in [0.3, 0.4) is 0 Å². The zero-order valence-corrected chi connectivity index (χ0v) is 11.1. The van der Waals surface area contributed by atoms with Crippen molar-refractivity contribution < 1.29 is 4.79 Å². The van der Waals surface area contributed by atoms with Gasteiger partial charge in [0.15, 0.2) is 0 Å². The van der Waals surface area contributed by atoms with Gasteiger partial charge in [-0.05, 0) is 44.6 Å². The second-order valence-electron chi connectivity index (χ2n) is 5.63. The number of unbranched alkanes of at least 4 members (excludes halogenated alkanes) is 1. The van der Waals surface area contributed by atoms with Crippen molar-refractivity contribution in [2.45, 2.75) is 57.9 Å². The van der Waals surface area contributed by atoms with Gasteiger partial charge in [0, 0.05) is 25.6 Å². The molecule has 1 amide bonds. The molecule has 1 N–H and O–H groups in total. The minimum atomic E-state index is 0.398. The Morgan fingerprint density at radius 1 is 1.35 bits per heavy atom. The Morgan fingerprint density at radius 3 is 2.76 bits per heavy atom. The van der Waals surface area contributed by atoms with Gasteiger partial charge in [0.05, 0.1) is 0 Å². The fraction of sp³-hybridized carbons (Fsp3) is 0.929. The van der Waals surface area contributed by atoms with Crippen molar-refractivity contribution in [2.24, 2.45) is 5.92 Å². The minimum Gasteiger partial charge on any atom is -0.341 e. The third-order valence-corrected chi connectivity index (χ3v) is 3.90. The Bertz CT molecular complexity index is 245. The highest BCUT2D eigenvalue weighted by molar-refractivity contribution is 5.76. The summed E-state index contributed by atoms with van der Waals surface area (Å²) in [5, 5.41) is 3.49. The first kappa shape index (κ1) is 12.9. The molecule has 3 heteroatoms. The van der Waals surface area contributed by atoms with Crippen LogP contribution in [-0.2, 0) is 4.79 Å². The van der Waals surface area contributed by atoms with Crippen LogP contribution in [0.5, 0.6) is 0 Å². The Hall–Kier alpha value is -0.570. The van der Waals surface area contributed by atoms with Crippen LogP contribution >= 0.6 is 0 Å². The summed E-state index contributed by atoms with van der Waals surface area (Å²) in [6.45, 7) is 5.21. The largest absolute Gasteiger partial charge is 0.341 e. The van der Waals surface area contributed by atoms with Crippen LogP contribution < -0.4 is 5.32 Å². The number of nitrogens with one attached hydrogen (secondary N) is 1. The first-order valence-electron chi connectivity index (χ1n) is 7.30. The Balaban J connectivity index is 1.79. The molecule has 1 aliphatic carbocycles. The first-order valence-corrected chi connectivity index (χ1v) is 7.30. The van der Waals surface area contributed by atoms with Gasteiger partial charge in [0.25, 0.3) is 0 Å². The van der Waals surface area contributed by atoms with E-state index in [1.165, 1.54) is 32.1 Å². The number of hydrogen-bond donors (Lipinski definition) is 1. The number of carbonyl (C=O) groups excluding carboxylic acids is 1. The molecule has 1 atom stereocenters. The van der Waals surface area contributed by atoms with E-state index in [1.807, 2.05) is 0 Å². The molecule has 3 nitrogen and oxygen atoms in total. The summed E-state index contributed by atoms with van der Waals surface area (Å²) in [5.74, 6) is 1.11.